The van der Waals surface area contributed by atoms with Gasteiger partial charge in [-0.15, -0.1) is 0 Å². The van der Waals surface area contributed by atoms with E-state index in [2.05, 4.69) is 57.7 Å². The van der Waals surface area contributed by atoms with Crippen molar-refractivity contribution in [2.45, 2.75) is 19.3 Å². The van der Waals surface area contributed by atoms with Crippen LogP contribution in [-0.2, 0) is 19.3 Å². The molecule has 36 heavy (non-hydrogen) atoms. The molecule has 0 saturated heterocycles. The lowest BCUT2D eigenvalue weighted by molar-refractivity contribution is 0.635. The molecule has 0 amide bonds. The standard InChI is InChI=1S/C29H27N7/c30-23-6-8-25-22(15-23)17-27(35-25)20-4-2-19(3-5-20)26-16-21-13-18(1-7-24(21)34-26)14-28-31-11-12-36(28)29-32-9-10-33-29/h1-8,13,15H,9-12,14,16-17,30H2,(H,32,33). The summed E-state index contributed by atoms with van der Waals surface area (Å²) in [4.78, 5) is 21.3. The van der Waals surface area contributed by atoms with Crippen LogP contribution in [0.4, 0.5) is 17.1 Å². The average molecular weight is 474 g/mol. The lowest BCUT2D eigenvalue weighted by Crippen LogP contribution is -2.41. The normalized spacial score (nSPS) is 17.8. The Kier molecular flexibility index (Phi) is 4.94. The molecule has 0 aromatic heterocycles. The summed E-state index contributed by atoms with van der Waals surface area (Å²) < 4.78 is 0. The number of fused-ring (bicyclic) bond motifs is 2. The predicted octanol–water partition coefficient (Wildman–Crippen LogP) is 3.84. The minimum absolute atomic E-state index is 0.788. The Morgan fingerprint density at radius 2 is 1.47 bits per heavy atom. The van der Waals surface area contributed by atoms with Crippen LogP contribution < -0.4 is 11.1 Å². The van der Waals surface area contributed by atoms with Crippen molar-refractivity contribution in [3.8, 4) is 0 Å². The quantitative estimate of drug-likeness (QED) is 0.564. The van der Waals surface area contributed by atoms with Crippen molar-refractivity contribution in [1.29, 1.82) is 0 Å². The maximum atomic E-state index is 5.94. The summed E-state index contributed by atoms with van der Waals surface area (Å²) in [5.41, 5.74) is 17.1. The van der Waals surface area contributed by atoms with E-state index in [0.717, 1.165) is 96.8 Å². The fourth-order valence-corrected chi connectivity index (χ4v) is 5.40. The van der Waals surface area contributed by atoms with Crippen LogP contribution in [0.15, 0.2) is 80.6 Å². The Balaban J connectivity index is 1.05. The molecule has 7 rings (SSSR count). The molecule has 0 radical (unpaired) electrons. The molecular weight excluding hydrogens is 446 g/mol. The van der Waals surface area contributed by atoms with Crippen LogP contribution in [0.5, 0.6) is 0 Å². The highest BCUT2D eigenvalue weighted by atomic mass is 15.4. The number of guanidine groups is 1. The molecule has 0 bridgehead atoms. The first kappa shape index (κ1) is 21.1. The topological polar surface area (TPSA) is 90.7 Å². The van der Waals surface area contributed by atoms with Crippen LogP contribution in [0.25, 0.3) is 0 Å². The predicted molar refractivity (Wildman–Crippen MR) is 147 cm³/mol. The van der Waals surface area contributed by atoms with Crippen molar-refractivity contribution in [3.05, 3.63) is 88.5 Å². The van der Waals surface area contributed by atoms with E-state index in [9.17, 15) is 0 Å². The Bertz CT molecular complexity index is 1490. The van der Waals surface area contributed by atoms with Crippen molar-refractivity contribution < 1.29 is 0 Å². The van der Waals surface area contributed by atoms with Gasteiger partial charge >= 0.3 is 0 Å². The van der Waals surface area contributed by atoms with E-state index in [1.54, 1.807) is 0 Å². The molecule has 0 aliphatic carbocycles. The largest absolute Gasteiger partial charge is 0.399 e. The summed E-state index contributed by atoms with van der Waals surface area (Å²) in [6.45, 7) is 3.49. The number of hydrogen-bond acceptors (Lipinski definition) is 7. The van der Waals surface area contributed by atoms with Crippen molar-refractivity contribution in [1.82, 2.24) is 10.2 Å². The average Bonchev–Trinajstić information content (AvgIpc) is 3.69. The van der Waals surface area contributed by atoms with E-state index in [4.69, 9.17) is 20.7 Å². The molecule has 0 saturated carbocycles. The first-order chi connectivity index (χ1) is 17.7. The molecule has 0 unspecified atom stereocenters. The molecule has 0 atom stereocenters. The molecule has 4 heterocycles. The second kappa shape index (κ2) is 8.45. The number of hydrogen-bond donors (Lipinski definition) is 2. The highest BCUT2D eigenvalue weighted by molar-refractivity contribution is 6.09. The Morgan fingerprint density at radius 3 is 2.17 bits per heavy atom. The first-order valence-electron chi connectivity index (χ1n) is 12.5. The Hall–Kier alpha value is -4.26. The summed E-state index contributed by atoms with van der Waals surface area (Å²) in [6.07, 6.45) is 2.48. The molecule has 3 aromatic rings. The number of amidine groups is 1. The maximum Gasteiger partial charge on any atom is 0.199 e. The first-order valence-corrected chi connectivity index (χ1v) is 12.5. The third-order valence-electron chi connectivity index (χ3n) is 7.23. The van der Waals surface area contributed by atoms with Gasteiger partial charge in [0, 0.05) is 38.0 Å². The van der Waals surface area contributed by atoms with Crippen molar-refractivity contribution in [2.24, 2.45) is 20.0 Å². The van der Waals surface area contributed by atoms with Gasteiger partial charge in [-0.1, -0.05) is 36.4 Å². The summed E-state index contributed by atoms with van der Waals surface area (Å²) in [5, 5.41) is 3.37. The van der Waals surface area contributed by atoms with Crippen LogP contribution in [0.1, 0.15) is 27.8 Å². The van der Waals surface area contributed by atoms with Gasteiger partial charge in [-0.05, 0) is 52.1 Å². The number of benzene rings is 3. The Morgan fingerprint density at radius 1 is 0.778 bits per heavy atom. The third kappa shape index (κ3) is 3.77. The summed E-state index contributed by atoms with van der Waals surface area (Å²) in [7, 11) is 0. The molecule has 3 aromatic carbocycles. The zero-order valence-electron chi connectivity index (χ0n) is 20.0. The van der Waals surface area contributed by atoms with Crippen LogP contribution in [-0.4, -0.2) is 54.3 Å². The summed E-state index contributed by atoms with van der Waals surface area (Å²) in [5.74, 6) is 2.07. The lowest BCUT2D eigenvalue weighted by Gasteiger charge is -2.20. The highest BCUT2D eigenvalue weighted by Crippen LogP contribution is 2.32. The fraction of sp³-hybridized carbons (Fsp3) is 0.241. The second-order valence-electron chi connectivity index (χ2n) is 9.66. The van der Waals surface area contributed by atoms with Gasteiger partial charge in [0.25, 0.3) is 0 Å². The van der Waals surface area contributed by atoms with Gasteiger partial charge in [0.05, 0.1) is 35.9 Å². The van der Waals surface area contributed by atoms with Gasteiger partial charge < -0.3 is 11.1 Å². The molecule has 0 spiro atoms. The summed E-state index contributed by atoms with van der Waals surface area (Å²) in [6, 6.07) is 21.2. The number of anilines is 1. The zero-order valence-corrected chi connectivity index (χ0v) is 20.0. The van der Waals surface area contributed by atoms with E-state index in [1.807, 2.05) is 18.2 Å². The number of nitrogens with two attached hydrogens (primary N) is 1. The van der Waals surface area contributed by atoms with Gasteiger partial charge in [-0.25, -0.2) is 0 Å². The Labute approximate surface area is 210 Å². The van der Waals surface area contributed by atoms with Gasteiger partial charge in [-0.3, -0.25) is 24.9 Å². The van der Waals surface area contributed by atoms with Gasteiger partial charge in [0.15, 0.2) is 5.96 Å². The van der Waals surface area contributed by atoms with Crippen molar-refractivity contribution in [2.75, 3.05) is 31.9 Å². The molecule has 7 heteroatoms. The van der Waals surface area contributed by atoms with Crippen LogP contribution in [0, 0.1) is 0 Å². The van der Waals surface area contributed by atoms with Gasteiger partial charge in [-0.2, -0.15) is 0 Å². The van der Waals surface area contributed by atoms with Crippen LogP contribution in [0.2, 0.25) is 0 Å². The number of nitrogen functional groups attached to an aromatic ring is 1. The van der Waals surface area contributed by atoms with E-state index >= 15 is 0 Å². The lowest BCUT2D eigenvalue weighted by atomic mass is 9.99. The van der Waals surface area contributed by atoms with Crippen LogP contribution >= 0.6 is 0 Å². The molecule has 3 N–H and O–H groups in total. The van der Waals surface area contributed by atoms with E-state index < -0.39 is 0 Å². The monoisotopic (exact) mass is 473 g/mol. The zero-order chi connectivity index (χ0) is 24.1. The van der Waals surface area contributed by atoms with Gasteiger partial charge in [0.2, 0.25) is 0 Å². The minimum Gasteiger partial charge on any atom is -0.399 e. The smallest absolute Gasteiger partial charge is 0.199 e. The second-order valence-corrected chi connectivity index (χ2v) is 9.66. The molecular formula is C29H27N7. The van der Waals surface area contributed by atoms with E-state index in [1.165, 1.54) is 16.7 Å². The molecule has 0 fully saturated rings. The number of nitrogens with one attached hydrogen (secondary N) is 1. The highest BCUT2D eigenvalue weighted by Gasteiger charge is 2.25. The SMILES string of the molecule is Nc1ccc2c(c1)CC(c1ccc(C3=Nc4ccc(CC5=NCCN5C5=NCCN5)cc4C3)cc1)=N2. The maximum absolute atomic E-state index is 5.94. The van der Waals surface area contributed by atoms with Crippen molar-refractivity contribution >= 4 is 40.3 Å². The van der Waals surface area contributed by atoms with Crippen LogP contribution in [0.3, 0.4) is 0 Å². The van der Waals surface area contributed by atoms with E-state index in [-0.39, 0.29) is 0 Å². The number of nitrogens with zero attached hydrogens (tertiary/aromatic N) is 5. The molecule has 4 aliphatic heterocycles. The third-order valence-corrected chi connectivity index (χ3v) is 7.23. The minimum atomic E-state index is 0.788. The number of rotatable bonds is 4. The molecule has 7 nitrogen and oxygen atoms in total. The summed E-state index contributed by atoms with van der Waals surface area (Å²) >= 11 is 0. The van der Waals surface area contributed by atoms with Crippen molar-refractivity contribution in [3.63, 3.8) is 0 Å². The fourth-order valence-electron chi connectivity index (χ4n) is 5.40. The van der Waals surface area contributed by atoms with E-state index in [0.29, 0.717) is 0 Å². The molecule has 4 aliphatic rings. The molecule has 178 valence electrons. The van der Waals surface area contributed by atoms with Gasteiger partial charge in [0.1, 0.15) is 5.84 Å². The number of aliphatic imine (C=N–C) groups is 4.